The third kappa shape index (κ3) is 7.34. The SMILES string of the molecule is CCNC(=O)CCCCCOc1ccc([I-]c2ccccc2)cc1. The molecule has 0 aliphatic carbocycles. The molecular weight excluding hydrogens is 413 g/mol. The Balaban J connectivity index is 1.63. The summed E-state index contributed by atoms with van der Waals surface area (Å²) in [5.74, 6) is 1.08. The first-order valence-electron chi connectivity index (χ1n) is 8.47. The predicted molar refractivity (Wildman–Crippen MR) is 92.9 cm³/mol. The molecule has 2 aromatic rings. The van der Waals surface area contributed by atoms with Gasteiger partial charge in [0, 0.05) is 6.54 Å². The second kappa shape index (κ2) is 11.1. The Labute approximate surface area is 155 Å². The fraction of sp³-hybridized carbons (Fsp3) is 0.350. The van der Waals surface area contributed by atoms with Crippen LogP contribution in [-0.2, 0) is 4.79 Å². The zero-order valence-electron chi connectivity index (χ0n) is 14.1. The van der Waals surface area contributed by atoms with Crippen molar-refractivity contribution >= 4 is 5.91 Å². The van der Waals surface area contributed by atoms with Crippen LogP contribution in [0, 0.1) is 7.14 Å². The van der Waals surface area contributed by atoms with Crippen molar-refractivity contribution in [1.82, 2.24) is 5.32 Å². The van der Waals surface area contributed by atoms with Crippen LogP contribution in [0.1, 0.15) is 32.6 Å². The van der Waals surface area contributed by atoms with Crippen molar-refractivity contribution in [3.05, 3.63) is 61.7 Å². The summed E-state index contributed by atoms with van der Waals surface area (Å²) in [6.07, 6.45) is 3.55. The summed E-state index contributed by atoms with van der Waals surface area (Å²) in [6, 6.07) is 19.1. The Kier molecular flexibility index (Phi) is 8.66. The molecule has 0 saturated carbocycles. The third-order valence-electron chi connectivity index (χ3n) is 3.46. The summed E-state index contributed by atoms with van der Waals surface area (Å²) in [7, 11) is 0. The van der Waals surface area contributed by atoms with Gasteiger partial charge in [-0.25, -0.2) is 0 Å². The minimum atomic E-state index is -0.109. The Morgan fingerprint density at radius 2 is 1.67 bits per heavy atom. The van der Waals surface area contributed by atoms with Crippen molar-refractivity contribution in [2.24, 2.45) is 0 Å². The molecule has 0 aliphatic rings. The molecule has 2 aromatic carbocycles. The van der Waals surface area contributed by atoms with E-state index < -0.39 is 0 Å². The predicted octanol–water partition coefficient (Wildman–Crippen LogP) is 0.890. The van der Waals surface area contributed by atoms with Gasteiger partial charge in [0.1, 0.15) is 0 Å². The fourth-order valence-electron chi connectivity index (χ4n) is 2.24. The van der Waals surface area contributed by atoms with Crippen LogP contribution < -0.4 is 31.3 Å². The molecule has 1 amide bonds. The molecule has 0 bridgehead atoms. The van der Waals surface area contributed by atoms with E-state index in [4.69, 9.17) is 4.74 Å². The topological polar surface area (TPSA) is 38.3 Å². The summed E-state index contributed by atoms with van der Waals surface area (Å²) < 4.78 is 8.60. The number of carbonyl (C=O) groups excluding carboxylic acids is 1. The standard InChI is InChI=1S/C20H25INO2/c1-2-22-20(23)11-7-4-8-16-24-19-14-12-18(13-15-19)21-17-9-5-3-6-10-17/h3,5-6,9-10,12-15H,2,4,7-8,11,16H2,1H3,(H,22,23)/q-1. The zero-order valence-corrected chi connectivity index (χ0v) is 16.3. The fourth-order valence-corrected chi connectivity index (χ4v) is 4.45. The Morgan fingerprint density at radius 3 is 2.38 bits per heavy atom. The molecule has 0 spiro atoms. The molecule has 0 unspecified atom stereocenters. The van der Waals surface area contributed by atoms with E-state index >= 15 is 0 Å². The molecule has 2 rings (SSSR count). The normalized spacial score (nSPS) is 10.5. The van der Waals surface area contributed by atoms with Crippen LogP contribution in [0.4, 0.5) is 0 Å². The maximum absolute atomic E-state index is 11.3. The number of benzene rings is 2. The molecule has 3 nitrogen and oxygen atoms in total. The maximum atomic E-state index is 11.3. The average molecular weight is 438 g/mol. The first kappa shape index (κ1) is 18.8. The monoisotopic (exact) mass is 438 g/mol. The number of carbonyl (C=O) groups is 1. The van der Waals surface area contributed by atoms with Crippen molar-refractivity contribution in [3.63, 3.8) is 0 Å². The van der Waals surface area contributed by atoms with Crippen LogP contribution in [-0.4, -0.2) is 19.1 Å². The molecule has 0 heterocycles. The van der Waals surface area contributed by atoms with Crippen LogP contribution in [0.5, 0.6) is 5.75 Å². The number of rotatable bonds is 10. The Hall–Kier alpha value is -1.56. The molecule has 24 heavy (non-hydrogen) atoms. The first-order chi connectivity index (χ1) is 11.8. The van der Waals surface area contributed by atoms with Crippen molar-refractivity contribution < 1.29 is 30.7 Å². The first-order valence-corrected chi connectivity index (χ1v) is 10.6. The van der Waals surface area contributed by atoms with Crippen LogP contribution in [0.15, 0.2) is 54.6 Å². The van der Waals surface area contributed by atoms with E-state index in [2.05, 4.69) is 59.9 Å². The van der Waals surface area contributed by atoms with Crippen LogP contribution >= 0.6 is 0 Å². The number of unbranched alkanes of at least 4 members (excludes halogenated alkanes) is 2. The minimum absolute atomic E-state index is 0.109. The van der Waals surface area contributed by atoms with Crippen LogP contribution in [0.25, 0.3) is 0 Å². The van der Waals surface area contributed by atoms with Gasteiger partial charge in [-0.1, -0.05) is 0 Å². The average Bonchev–Trinajstić information content (AvgIpc) is 2.60. The van der Waals surface area contributed by atoms with E-state index in [1.54, 1.807) is 0 Å². The number of ether oxygens (including phenoxy) is 1. The quantitative estimate of drug-likeness (QED) is 0.442. The second-order valence-corrected chi connectivity index (χ2v) is 8.49. The van der Waals surface area contributed by atoms with Crippen molar-refractivity contribution in [3.8, 4) is 5.75 Å². The van der Waals surface area contributed by atoms with Gasteiger partial charge in [0.15, 0.2) is 0 Å². The van der Waals surface area contributed by atoms with Crippen molar-refractivity contribution in [2.75, 3.05) is 13.2 Å². The summed E-state index contributed by atoms with van der Waals surface area (Å²) in [5, 5.41) is 2.82. The van der Waals surface area contributed by atoms with Gasteiger partial charge in [0.05, 0.1) is 0 Å². The summed E-state index contributed by atoms with van der Waals surface area (Å²) in [6.45, 7) is 3.37. The van der Waals surface area contributed by atoms with Crippen molar-refractivity contribution in [1.29, 1.82) is 0 Å². The van der Waals surface area contributed by atoms with Gasteiger partial charge in [0.2, 0.25) is 0 Å². The summed E-state index contributed by atoms with van der Waals surface area (Å²) >= 11 is -0.109. The van der Waals surface area contributed by atoms with E-state index in [9.17, 15) is 4.79 Å². The van der Waals surface area contributed by atoms with Gasteiger partial charge in [-0.2, -0.15) is 0 Å². The third-order valence-corrected chi connectivity index (χ3v) is 6.14. The number of hydrogen-bond acceptors (Lipinski definition) is 2. The Bertz CT molecular complexity index is 599. The molecule has 0 fully saturated rings. The molecule has 0 atom stereocenters. The van der Waals surface area contributed by atoms with Crippen LogP contribution in [0.2, 0.25) is 0 Å². The summed E-state index contributed by atoms with van der Waals surface area (Å²) in [4.78, 5) is 11.3. The molecule has 0 aromatic heterocycles. The van der Waals surface area contributed by atoms with Gasteiger partial charge in [-0.05, 0) is 6.92 Å². The van der Waals surface area contributed by atoms with Crippen molar-refractivity contribution in [2.45, 2.75) is 32.6 Å². The number of amides is 1. The van der Waals surface area contributed by atoms with E-state index in [1.165, 1.54) is 7.14 Å². The molecular formula is C20H25INO2-. The van der Waals surface area contributed by atoms with Gasteiger partial charge >= 0.3 is 142 Å². The van der Waals surface area contributed by atoms with E-state index in [1.807, 2.05) is 6.92 Å². The zero-order chi connectivity index (χ0) is 17.0. The van der Waals surface area contributed by atoms with Crippen LogP contribution in [0.3, 0.4) is 0 Å². The molecule has 0 aliphatic heterocycles. The van der Waals surface area contributed by atoms with E-state index in [0.29, 0.717) is 19.6 Å². The van der Waals surface area contributed by atoms with E-state index in [0.717, 1.165) is 25.0 Å². The number of halogens is 1. The Morgan fingerprint density at radius 1 is 0.958 bits per heavy atom. The molecule has 0 radical (unpaired) electrons. The molecule has 1 N–H and O–H groups in total. The van der Waals surface area contributed by atoms with Gasteiger partial charge in [0.25, 0.3) is 0 Å². The van der Waals surface area contributed by atoms with Gasteiger partial charge in [-0.15, -0.1) is 0 Å². The number of hydrogen-bond donors (Lipinski definition) is 1. The second-order valence-electron chi connectivity index (χ2n) is 5.46. The molecule has 4 heteroatoms. The van der Waals surface area contributed by atoms with Gasteiger partial charge < -0.3 is 0 Å². The van der Waals surface area contributed by atoms with E-state index in [-0.39, 0.29) is 27.1 Å². The summed E-state index contributed by atoms with van der Waals surface area (Å²) in [5.41, 5.74) is 0. The number of nitrogens with one attached hydrogen (secondary N) is 1. The van der Waals surface area contributed by atoms with Gasteiger partial charge in [-0.3, -0.25) is 0 Å². The molecule has 0 saturated heterocycles. The molecule has 130 valence electrons.